The normalized spacial score (nSPS) is 17.9. The molecule has 0 bridgehead atoms. The number of likely N-dealkylation sites (tertiary alicyclic amines) is 1. The number of H-pyrrole nitrogens is 3. The molecular formula is C72H90N16O16. The van der Waals surface area contributed by atoms with Gasteiger partial charge in [0.25, 0.3) is 0 Å². The Kier molecular flexibility index (Phi) is 28.1. The van der Waals surface area contributed by atoms with E-state index in [1.165, 1.54) is 4.90 Å². The van der Waals surface area contributed by atoms with Crippen molar-refractivity contribution < 1.29 is 80.8 Å². The van der Waals surface area contributed by atoms with E-state index in [1.807, 2.05) is 48.5 Å². The second-order valence-corrected chi connectivity index (χ2v) is 25.3. The van der Waals surface area contributed by atoms with Gasteiger partial charge < -0.3 is 97.7 Å². The number of aliphatic hydroxyl groups excluding tert-OH is 11. The van der Waals surface area contributed by atoms with E-state index in [-0.39, 0.29) is 51.6 Å². The Labute approximate surface area is 597 Å². The number of nitrogens with one attached hydrogen (secondary N) is 4. The number of hydrogen-bond acceptors (Lipinski definition) is 16. The Hall–Kier alpha value is -11.5. The molecule has 554 valence electrons. The van der Waals surface area contributed by atoms with E-state index in [2.05, 4.69) is 49.9 Å². The number of amides is 1. The van der Waals surface area contributed by atoms with E-state index in [0.717, 1.165) is 21.8 Å². The zero-order chi connectivity index (χ0) is 75.1. The van der Waals surface area contributed by atoms with Crippen LogP contribution in [0.5, 0.6) is 0 Å². The molecule has 0 radical (unpaired) electrons. The number of carboxylic acid groups (broad SMARTS) is 2. The van der Waals surface area contributed by atoms with Crippen LogP contribution in [-0.4, -0.2) is 250 Å². The number of fused-ring (bicyclic) bond motifs is 3. The third kappa shape index (κ3) is 21.3. The molecule has 11 atom stereocenters. The van der Waals surface area contributed by atoms with Gasteiger partial charge in [-0.15, -0.1) is 0 Å². The van der Waals surface area contributed by atoms with Gasteiger partial charge >= 0.3 is 11.9 Å². The highest BCUT2D eigenvalue weighted by Crippen LogP contribution is 2.28. The highest BCUT2D eigenvalue weighted by molar-refractivity contribution is 5.97. The number of unbranched alkanes of at least 4 members (excludes halogenated alkanes) is 1. The molecule has 1 amide bonds. The minimum Gasteiger partial charge on any atom is -0.497 e. The number of aliphatic imine (C=N–C) groups is 9. The van der Waals surface area contributed by atoms with Crippen LogP contribution in [0, 0.1) is 11.3 Å². The summed E-state index contributed by atoms with van der Waals surface area (Å²) >= 11 is 0. The summed E-state index contributed by atoms with van der Waals surface area (Å²) in [6, 6.07) is 15.6. The molecule has 7 aromatic rings. The van der Waals surface area contributed by atoms with Gasteiger partial charge in [-0.05, 0) is 85.0 Å². The van der Waals surface area contributed by atoms with Crippen molar-refractivity contribution in [1.29, 1.82) is 5.41 Å². The average molecular weight is 1440 g/mol. The fourth-order valence-electron chi connectivity index (χ4n) is 12.0. The van der Waals surface area contributed by atoms with Gasteiger partial charge in [-0.1, -0.05) is 105 Å². The molecule has 32 nitrogen and oxygen atoms in total. The second-order valence-electron chi connectivity index (χ2n) is 25.3. The summed E-state index contributed by atoms with van der Waals surface area (Å²) < 4.78 is 0. The smallest absolute Gasteiger partial charge is 0.329 e. The summed E-state index contributed by atoms with van der Waals surface area (Å²) in [5, 5.41) is 154. The van der Waals surface area contributed by atoms with Crippen LogP contribution in [0.25, 0.3) is 32.7 Å². The lowest BCUT2D eigenvalue weighted by molar-refractivity contribution is -0.144. The number of para-hydroxylation sites is 3. The van der Waals surface area contributed by atoms with Gasteiger partial charge in [0.05, 0.1) is 19.4 Å². The van der Waals surface area contributed by atoms with E-state index in [0.29, 0.717) is 58.8 Å². The molecule has 32 heteroatoms. The van der Waals surface area contributed by atoms with E-state index < -0.39 is 169 Å². The number of nitrogens with zero attached hydrogens (tertiary/aromatic N) is 10. The second kappa shape index (κ2) is 37.4. The maximum absolute atomic E-state index is 15.4. The van der Waals surface area contributed by atoms with Gasteiger partial charge in [0, 0.05) is 83.5 Å². The van der Waals surface area contributed by atoms with Crippen molar-refractivity contribution in [1.82, 2.24) is 19.9 Å². The maximum Gasteiger partial charge on any atom is 0.329 e. The van der Waals surface area contributed by atoms with E-state index >= 15 is 4.79 Å². The molecule has 4 aromatic carbocycles. The van der Waals surface area contributed by atoms with Crippen molar-refractivity contribution in [2.75, 3.05) is 26.2 Å². The number of aromatic amines is 3. The number of aromatic nitrogens is 3. The lowest BCUT2D eigenvalue weighted by Gasteiger charge is -2.27. The van der Waals surface area contributed by atoms with Crippen LogP contribution in [0.15, 0.2) is 167 Å². The summed E-state index contributed by atoms with van der Waals surface area (Å²) in [6.07, 6.45) is 4.41. The zero-order valence-corrected chi connectivity index (χ0v) is 57.4. The van der Waals surface area contributed by atoms with Gasteiger partial charge in [0.2, 0.25) is 59.0 Å². The van der Waals surface area contributed by atoms with Gasteiger partial charge in [-0.25, -0.2) is 49.7 Å². The average Bonchev–Trinajstić information content (AvgIpc) is 1.61. The number of rotatable bonds is 39. The molecule has 1 aliphatic heterocycles. The molecule has 0 saturated carbocycles. The minimum absolute atomic E-state index is 0.0133. The van der Waals surface area contributed by atoms with E-state index in [9.17, 15) is 76.0 Å². The highest BCUT2D eigenvalue weighted by atomic mass is 16.4. The summed E-state index contributed by atoms with van der Waals surface area (Å²) in [4.78, 5) is 88.8. The summed E-state index contributed by atoms with van der Waals surface area (Å²) in [5.41, 5.74) is 16.3. The molecule has 1 saturated heterocycles. The SMILES string of the molecule is CC[C@H](C)[C@H](N=C(O)CN=C(O)[C@@H]1CCCN1C(=O)[C@H](Cc1c[nH]c2ccccc12)N=C(O)[C@H](Cc1c[nH]c2ccccc12)N=C(O)[C@H](CCCCN)N=C(O)[C@H](Cc1c[nH]c2ccccc12)N=C(O)[C@H](CC(=N)O)N=C(O)[C@@H](N)CO)C(O)=N[C@@H](Cc1ccccc1)C(O)=N[C@@H](CC(=O)O)C(=O)O. The first-order chi connectivity index (χ1) is 49.9. The van der Waals surface area contributed by atoms with Gasteiger partial charge in [-0.3, -0.25) is 15.0 Å². The summed E-state index contributed by atoms with van der Waals surface area (Å²) in [5.74, 6) is -12.1. The van der Waals surface area contributed by atoms with Gasteiger partial charge in [-0.2, -0.15) is 0 Å². The largest absolute Gasteiger partial charge is 0.497 e. The molecule has 3 aromatic heterocycles. The standard InChI is InChI=1S/C72H90N16O16/c1-3-39(2)62(70(101)84-52(28-40-16-5-4-6-17-40)65(96)86-57(72(103)104)33-61(92)93)87-60(91)37-79-69(100)58-25-15-27-88(58)71(102)56(31-43-36-78-50-23-12-9-20-46(43)50)85-67(98)54(30-42-35-77-49-22-11-8-19-45(42)49)82-64(95)51(24-13-14-26-73)80-66(97)53(29-41-34-76-48-21-10-7-18-44(41)48)83-68(99)55(32-59(75)90)81-63(94)47(74)38-89/h4-12,16-23,34-36,39,47,51-58,62,76-78,89H,3,13-15,24-33,37-38,73-74H2,1-2H3,(H2,75,90)(H,79,100)(H,80,97)(H,81,94)(H,82,95)(H,83,99)(H,84,101)(H,85,98)(H,86,96)(H,87,91)(H,92,93)(H,103,104)/t39-,47-,51-,52-,53-,54-,55-,56-,57-,58-,62-/m0/s1. The summed E-state index contributed by atoms with van der Waals surface area (Å²) in [7, 11) is 0. The minimum atomic E-state index is -1.89. The topological polar surface area (TPSA) is 552 Å². The Bertz CT molecular complexity index is 4390. The number of aliphatic carboxylic acids is 2. The van der Waals surface area contributed by atoms with Crippen molar-refractivity contribution in [3.63, 3.8) is 0 Å². The molecule has 1 aliphatic rings. The van der Waals surface area contributed by atoms with Crippen LogP contribution in [0.3, 0.4) is 0 Å². The van der Waals surface area contributed by atoms with Crippen LogP contribution in [0.4, 0.5) is 0 Å². The fourth-order valence-corrected chi connectivity index (χ4v) is 12.0. The van der Waals surface area contributed by atoms with Crippen LogP contribution in [0.2, 0.25) is 0 Å². The van der Waals surface area contributed by atoms with Crippen LogP contribution in [0.1, 0.15) is 87.5 Å². The lowest BCUT2D eigenvalue weighted by Crippen LogP contribution is -2.46. The van der Waals surface area contributed by atoms with Crippen LogP contribution >= 0.6 is 0 Å². The number of benzene rings is 4. The van der Waals surface area contributed by atoms with E-state index in [1.54, 1.807) is 87.0 Å². The zero-order valence-electron chi connectivity index (χ0n) is 57.4. The van der Waals surface area contributed by atoms with Crippen molar-refractivity contribution >= 4 is 110 Å². The van der Waals surface area contributed by atoms with Crippen molar-refractivity contribution in [3.05, 3.63) is 144 Å². The Morgan fingerprint density at radius 3 is 1.50 bits per heavy atom. The molecule has 0 unspecified atom stereocenters. The monoisotopic (exact) mass is 1430 g/mol. The maximum atomic E-state index is 15.4. The van der Waals surface area contributed by atoms with Crippen molar-refractivity contribution in [2.24, 2.45) is 62.3 Å². The molecular weight excluding hydrogens is 1340 g/mol. The Morgan fingerprint density at radius 1 is 0.548 bits per heavy atom. The number of carboxylic acids is 2. The molecule has 1 fully saturated rings. The highest BCUT2D eigenvalue weighted by Gasteiger charge is 2.38. The quantitative estimate of drug-likeness (QED) is 0.00987. The van der Waals surface area contributed by atoms with Crippen molar-refractivity contribution in [2.45, 2.75) is 151 Å². The number of carbonyl (C=O) groups excluding carboxylic acids is 1. The van der Waals surface area contributed by atoms with Gasteiger partial charge in [0.15, 0.2) is 11.9 Å². The first-order valence-electron chi connectivity index (χ1n) is 34.0. The molecule has 4 heterocycles. The third-order valence-electron chi connectivity index (χ3n) is 17.8. The Morgan fingerprint density at radius 2 is 1.00 bits per heavy atom. The van der Waals surface area contributed by atoms with E-state index in [4.69, 9.17) is 26.9 Å². The van der Waals surface area contributed by atoms with Gasteiger partial charge in [0.1, 0.15) is 60.9 Å². The molecule has 21 N–H and O–H groups in total. The molecule has 8 rings (SSSR count). The molecule has 0 spiro atoms. The predicted octanol–water partition coefficient (Wildman–Crippen LogP) is 7.93. The van der Waals surface area contributed by atoms with Crippen molar-refractivity contribution in [3.8, 4) is 0 Å². The first kappa shape index (κ1) is 78.2. The number of aliphatic hydroxyl groups is 11. The summed E-state index contributed by atoms with van der Waals surface area (Å²) in [6.45, 7) is 2.32. The Balaban J connectivity index is 1.16. The van der Waals surface area contributed by atoms with Crippen LogP contribution < -0.4 is 11.5 Å². The van der Waals surface area contributed by atoms with Crippen LogP contribution in [-0.2, 0) is 40.1 Å². The predicted molar refractivity (Wildman–Crippen MR) is 399 cm³/mol. The molecule has 104 heavy (non-hydrogen) atoms. The number of carbonyl (C=O) groups is 3. The fraction of sp³-hybridized carbons (Fsp3) is 0.403. The first-order valence-corrected chi connectivity index (χ1v) is 34.0. The third-order valence-corrected chi connectivity index (χ3v) is 17.8. The number of nitrogens with two attached hydrogens (primary N) is 2. The lowest BCUT2D eigenvalue weighted by atomic mass is 9.99. The molecule has 0 aliphatic carbocycles. The number of hydrogen-bond donors (Lipinski definition) is 19.